The predicted molar refractivity (Wildman–Crippen MR) is 48.2 cm³/mol. The molecule has 1 N–H and O–H groups in total. The Balaban J connectivity index is 3.05. The van der Waals surface area contributed by atoms with Crippen LogP contribution in [0.1, 0.15) is 24.6 Å². The van der Waals surface area contributed by atoms with Crippen LogP contribution in [0.15, 0.2) is 6.20 Å². The molecule has 1 atom stereocenters. The molecule has 4 heteroatoms. The van der Waals surface area contributed by atoms with Gasteiger partial charge < -0.3 is 9.90 Å². The Bertz CT molecular complexity index is 315. The van der Waals surface area contributed by atoms with E-state index in [1.807, 2.05) is 6.92 Å². The van der Waals surface area contributed by atoms with E-state index in [1.165, 1.54) is 0 Å². The van der Waals surface area contributed by atoms with Crippen LogP contribution in [-0.2, 0) is 17.4 Å². The summed E-state index contributed by atoms with van der Waals surface area (Å²) < 4.78 is 1.63. The van der Waals surface area contributed by atoms with Crippen LogP contribution in [0.25, 0.3) is 0 Å². The number of hydrogen-bond donors (Lipinski definition) is 1. The van der Waals surface area contributed by atoms with Gasteiger partial charge in [-0.1, -0.05) is 0 Å². The third-order valence-electron chi connectivity index (χ3n) is 2.07. The second kappa shape index (κ2) is 3.30. The fourth-order valence-electron chi connectivity index (χ4n) is 1.40. The SMILES string of the molecule is Cc1nn(C)cc1C(C)(O)CC=O. The lowest BCUT2D eigenvalue weighted by Crippen LogP contribution is -2.22. The van der Waals surface area contributed by atoms with Crippen LogP contribution in [0.5, 0.6) is 0 Å². The minimum Gasteiger partial charge on any atom is -0.385 e. The number of hydrogen-bond acceptors (Lipinski definition) is 3. The summed E-state index contributed by atoms with van der Waals surface area (Å²) in [5, 5.41) is 14.0. The Morgan fingerprint density at radius 2 is 2.38 bits per heavy atom. The largest absolute Gasteiger partial charge is 0.385 e. The zero-order valence-corrected chi connectivity index (χ0v) is 8.11. The highest BCUT2D eigenvalue weighted by Crippen LogP contribution is 2.25. The van der Waals surface area contributed by atoms with E-state index in [0.29, 0.717) is 11.8 Å². The van der Waals surface area contributed by atoms with Gasteiger partial charge in [0, 0.05) is 25.2 Å². The Labute approximate surface area is 77.2 Å². The van der Waals surface area contributed by atoms with E-state index in [4.69, 9.17) is 0 Å². The Hall–Kier alpha value is -1.16. The van der Waals surface area contributed by atoms with E-state index in [-0.39, 0.29) is 6.42 Å². The molecular weight excluding hydrogens is 168 g/mol. The van der Waals surface area contributed by atoms with Crippen LogP contribution in [0.2, 0.25) is 0 Å². The molecule has 1 unspecified atom stereocenters. The van der Waals surface area contributed by atoms with Crippen LogP contribution in [0, 0.1) is 6.92 Å². The maximum Gasteiger partial charge on any atom is 0.123 e. The van der Waals surface area contributed by atoms with Gasteiger partial charge >= 0.3 is 0 Å². The zero-order chi connectivity index (χ0) is 10.1. The summed E-state index contributed by atoms with van der Waals surface area (Å²) in [5.41, 5.74) is 0.372. The highest BCUT2D eigenvalue weighted by atomic mass is 16.3. The topological polar surface area (TPSA) is 55.1 Å². The third-order valence-corrected chi connectivity index (χ3v) is 2.07. The van der Waals surface area contributed by atoms with Crippen LogP contribution >= 0.6 is 0 Å². The predicted octanol–water partition coefficient (Wildman–Crippen LogP) is 0.525. The number of aryl methyl sites for hydroxylation is 2. The molecule has 0 aliphatic rings. The summed E-state index contributed by atoms with van der Waals surface area (Å²) in [6, 6.07) is 0. The number of aldehydes is 1. The first kappa shape index (κ1) is 9.92. The van der Waals surface area contributed by atoms with Crippen molar-refractivity contribution in [2.75, 3.05) is 0 Å². The first-order valence-corrected chi connectivity index (χ1v) is 4.14. The van der Waals surface area contributed by atoms with Gasteiger partial charge in [0.05, 0.1) is 11.3 Å². The molecule has 1 heterocycles. The van der Waals surface area contributed by atoms with Gasteiger partial charge in [0.15, 0.2) is 0 Å². The summed E-state index contributed by atoms with van der Waals surface area (Å²) >= 11 is 0. The molecule has 0 saturated carbocycles. The molecule has 0 saturated heterocycles. The van der Waals surface area contributed by atoms with E-state index in [2.05, 4.69) is 5.10 Å². The lowest BCUT2D eigenvalue weighted by molar-refractivity contribution is -0.112. The molecule has 1 rings (SSSR count). The second-order valence-electron chi connectivity index (χ2n) is 3.45. The lowest BCUT2D eigenvalue weighted by Gasteiger charge is -2.19. The smallest absolute Gasteiger partial charge is 0.123 e. The summed E-state index contributed by atoms with van der Waals surface area (Å²) in [5.74, 6) is 0. The van der Waals surface area contributed by atoms with E-state index in [1.54, 1.807) is 24.9 Å². The van der Waals surface area contributed by atoms with Crippen LogP contribution < -0.4 is 0 Å². The first-order chi connectivity index (χ1) is 5.97. The molecule has 0 aliphatic heterocycles. The third kappa shape index (κ3) is 1.95. The minimum atomic E-state index is -1.10. The van der Waals surface area contributed by atoms with E-state index in [9.17, 15) is 9.90 Å². The molecule has 0 spiro atoms. The lowest BCUT2D eigenvalue weighted by atomic mass is 9.94. The van der Waals surface area contributed by atoms with E-state index < -0.39 is 5.60 Å². The zero-order valence-electron chi connectivity index (χ0n) is 8.11. The average Bonchev–Trinajstić information content (AvgIpc) is 2.30. The molecule has 0 fully saturated rings. The monoisotopic (exact) mass is 182 g/mol. The van der Waals surface area contributed by atoms with Crippen molar-refractivity contribution < 1.29 is 9.90 Å². The van der Waals surface area contributed by atoms with Crippen molar-refractivity contribution >= 4 is 6.29 Å². The molecular formula is C9H14N2O2. The van der Waals surface area contributed by atoms with Crippen molar-refractivity contribution in [3.05, 3.63) is 17.5 Å². The minimum absolute atomic E-state index is 0.0968. The van der Waals surface area contributed by atoms with Gasteiger partial charge in [-0.3, -0.25) is 4.68 Å². The van der Waals surface area contributed by atoms with Crippen LogP contribution in [0.3, 0.4) is 0 Å². The number of rotatable bonds is 3. The van der Waals surface area contributed by atoms with Crippen molar-refractivity contribution in [2.45, 2.75) is 25.9 Å². The maximum atomic E-state index is 10.3. The van der Waals surface area contributed by atoms with Gasteiger partial charge in [-0.05, 0) is 13.8 Å². The summed E-state index contributed by atoms with van der Waals surface area (Å²) in [7, 11) is 1.79. The van der Waals surface area contributed by atoms with Crippen molar-refractivity contribution in [2.24, 2.45) is 7.05 Å². The highest BCUT2D eigenvalue weighted by Gasteiger charge is 2.26. The Kier molecular flexibility index (Phi) is 2.52. The summed E-state index contributed by atoms with van der Waals surface area (Å²) in [6.45, 7) is 3.43. The second-order valence-corrected chi connectivity index (χ2v) is 3.45. The molecule has 0 aliphatic carbocycles. The molecule has 13 heavy (non-hydrogen) atoms. The van der Waals surface area contributed by atoms with Crippen molar-refractivity contribution in [1.29, 1.82) is 0 Å². The molecule has 1 aromatic heterocycles. The van der Waals surface area contributed by atoms with Crippen molar-refractivity contribution in [3.8, 4) is 0 Å². The number of aromatic nitrogens is 2. The van der Waals surface area contributed by atoms with Gasteiger partial charge in [0.2, 0.25) is 0 Å². The van der Waals surface area contributed by atoms with Gasteiger partial charge in [0.1, 0.15) is 6.29 Å². The first-order valence-electron chi connectivity index (χ1n) is 4.14. The number of carbonyl (C=O) groups excluding carboxylic acids is 1. The molecule has 0 radical (unpaired) electrons. The van der Waals surface area contributed by atoms with Gasteiger partial charge in [-0.2, -0.15) is 5.10 Å². The number of nitrogens with zero attached hydrogens (tertiary/aromatic N) is 2. The van der Waals surface area contributed by atoms with Gasteiger partial charge in [-0.15, -0.1) is 0 Å². The molecule has 1 aromatic rings. The average molecular weight is 182 g/mol. The quantitative estimate of drug-likeness (QED) is 0.693. The van der Waals surface area contributed by atoms with Crippen LogP contribution in [-0.4, -0.2) is 21.2 Å². The fraction of sp³-hybridized carbons (Fsp3) is 0.556. The number of aliphatic hydroxyl groups is 1. The molecule has 0 bridgehead atoms. The molecule has 0 amide bonds. The van der Waals surface area contributed by atoms with Crippen molar-refractivity contribution in [1.82, 2.24) is 9.78 Å². The highest BCUT2D eigenvalue weighted by molar-refractivity contribution is 5.52. The van der Waals surface area contributed by atoms with Crippen molar-refractivity contribution in [3.63, 3.8) is 0 Å². The number of carbonyl (C=O) groups is 1. The summed E-state index contributed by atoms with van der Waals surface area (Å²) in [6.07, 6.45) is 2.55. The van der Waals surface area contributed by atoms with E-state index >= 15 is 0 Å². The van der Waals surface area contributed by atoms with Gasteiger partial charge in [-0.25, -0.2) is 0 Å². The Morgan fingerprint density at radius 3 is 2.77 bits per heavy atom. The molecule has 72 valence electrons. The Morgan fingerprint density at radius 1 is 1.77 bits per heavy atom. The van der Waals surface area contributed by atoms with E-state index in [0.717, 1.165) is 5.69 Å². The van der Waals surface area contributed by atoms with Gasteiger partial charge in [0.25, 0.3) is 0 Å². The standard InChI is InChI=1S/C9H14N2O2/c1-7-8(6-11(3)10-7)9(2,13)4-5-12/h5-6,13H,4H2,1-3H3. The molecule has 0 aromatic carbocycles. The molecule has 4 nitrogen and oxygen atoms in total. The normalized spacial score (nSPS) is 15.4. The summed E-state index contributed by atoms with van der Waals surface area (Å²) in [4.78, 5) is 10.3. The fourth-order valence-corrected chi connectivity index (χ4v) is 1.40. The maximum absolute atomic E-state index is 10.3. The van der Waals surface area contributed by atoms with Crippen LogP contribution in [0.4, 0.5) is 0 Å².